The van der Waals surface area contributed by atoms with Gasteiger partial charge in [0.05, 0.1) is 23.2 Å². The summed E-state index contributed by atoms with van der Waals surface area (Å²) in [6.07, 6.45) is 0.646. The molecule has 4 nitrogen and oxygen atoms in total. The Morgan fingerprint density at radius 3 is 2.17 bits per heavy atom. The molecule has 2 amide bonds. The van der Waals surface area contributed by atoms with E-state index in [1.54, 1.807) is 6.07 Å². The number of hydrogen-bond acceptors (Lipinski definition) is 2. The van der Waals surface area contributed by atoms with Crippen LogP contribution in [0.2, 0.25) is 10.0 Å². The predicted octanol–water partition coefficient (Wildman–Crippen LogP) is 4.82. The van der Waals surface area contributed by atoms with Gasteiger partial charge in [-0.1, -0.05) is 83.9 Å². The molecule has 0 aliphatic carbocycles. The molecule has 0 radical (unpaired) electrons. The quantitative estimate of drug-likeness (QED) is 0.568. The Bertz CT molecular complexity index is 979. The molecule has 3 aromatic rings. The van der Waals surface area contributed by atoms with Crippen LogP contribution >= 0.6 is 23.2 Å². The largest absolute Gasteiger partial charge is 0.347 e. The van der Waals surface area contributed by atoms with Gasteiger partial charge < -0.3 is 10.6 Å². The Labute approximate surface area is 179 Å². The van der Waals surface area contributed by atoms with Crippen LogP contribution in [0.3, 0.4) is 0 Å². The van der Waals surface area contributed by atoms with E-state index in [0.29, 0.717) is 11.4 Å². The maximum atomic E-state index is 12.5. The average Bonchev–Trinajstić information content (AvgIpc) is 2.73. The van der Waals surface area contributed by atoms with Gasteiger partial charge in [-0.3, -0.25) is 9.59 Å². The van der Waals surface area contributed by atoms with Gasteiger partial charge in [0.25, 0.3) is 5.91 Å². The molecule has 0 aliphatic heterocycles. The van der Waals surface area contributed by atoms with Crippen molar-refractivity contribution < 1.29 is 9.59 Å². The van der Waals surface area contributed by atoms with Crippen LogP contribution in [0, 0.1) is 0 Å². The van der Waals surface area contributed by atoms with Crippen LogP contribution in [0.25, 0.3) is 0 Å². The van der Waals surface area contributed by atoms with Gasteiger partial charge in [0.2, 0.25) is 5.91 Å². The van der Waals surface area contributed by atoms with E-state index < -0.39 is 5.91 Å². The zero-order valence-corrected chi connectivity index (χ0v) is 17.1. The fourth-order valence-corrected chi connectivity index (χ4v) is 3.46. The molecule has 148 valence electrons. The second-order valence-corrected chi connectivity index (χ2v) is 7.37. The van der Waals surface area contributed by atoms with E-state index in [4.69, 9.17) is 23.2 Å². The van der Waals surface area contributed by atoms with Crippen molar-refractivity contribution >= 4 is 35.0 Å². The SMILES string of the molecule is O=C(CNC(=O)c1ccc(Cl)cc1Cl)NC(Cc1ccccc1)c1ccccc1. The predicted molar refractivity (Wildman–Crippen MR) is 116 cm³/mol. The first kappa shape index (κ1) is 20.9. The number of carbonyl (C=O) groups excluding carboxylic acids is 2. The Kier molecular flexibility index (Phi) is 7.28. The van der Waals surface area contributed by atoms with E-state index in [2.05, 4.69) is 10.6 Å². The van der Waals surface area contributed by atoms with Gasteiger partial charge in [-0.15, -0.1) is 0 Å². The summed E-state index contributed by atoms with van der Waals surface area (Å²) in [5, 5.41) is 6.28. The molecule has 3 rings (SSSR count). The van der Waals surface area contributed by atoms with E-state index >= 15 is 0 Å². The van der Waals surface area contributed by atoms with Crippen molar-refractivity contribution in [1.82, 2.24) is 10.6 Å². The van der Waals surface area contributed by atoms with E-state index in [1.165, 1.54) is 12.1 Å². The lowest BCUT2D eigenvalue weighted by Crippen LogP contribution is -2.39. The lowest BCUT2D eigenvalue weighted by molar-refractivity contribution is -0.120. The lowest BCUT2D eigenvalue weighted by Gasteiger charge is -2.20. The number of halogens is 2. The fraction of sp³-hybridized carbons (Fsp3) is 0.130. The first-order chi connectivity index (χ1) is 14.0. The molecule has 0 spiro atoms. The molecular formula is C23H20Cl2N2O2. The van der Waals surface area contributed by atoms with Crippen LogP contribution in [0.4, 0.5) is 0 Å². The highest BCUT2D eigenvalue weighted by Gasteiger charge is 2.17. The molecular weight excluding hydrogens is 407 g/mol. The molecule has 6 heteroatoms. The Hall–Kier alpha value is -2.82. The van der Waals surface area contributed by atoms with Gasteiger partial charge in [-0.2, -0.15) is 0 Å². The van der Waals surface area contributed by atoms with E-state index in [9.17, 15) is 9.59 Å². The molecule has 0 aliphatic rings. The summed E-state index contributed by atoms with van der Waals surface area (Å²) in [5.74, 6) is -0.714. The van der Waals surface area contributed by atoms with Gasteiger partial charge in [0, 0.05) is 5.02 Å². The van der Waals surface area contributed by atoms with Crippen LogP contribution in [-0.4, -0.2) is 18.4 Å². The zero-order chi connectivity index (χ0) is 20.6. The van der Waals surface area contributed by atoms with E-state index in [1.807, 2.05) is 60.7 Å². The van der Waals surface area contributed by atoms with E-state index in [0.717, 1.165) is 11.1 Å². The molecule has 2 N–H and O–H groups in total. The number of nitrogens with one attached hydrogen (secondary N) is 2. The minimum Gasteiger partial charge on any atom is -0.347 e. The average molecular weight is 427 g/mol. The van der Waals surface area contributed by atoms with Crippen LogP contribution in [0.1, 0.15) is 27.5 Å². The number of carbonyl (C=O) groups is 2. The fourth-order valence-electron chi connectivity index (χ4n) is 2.96. The van der Waals surface area contributed by atoms with Crippen molar-refractivity contribution in [2.24, 2.45) is 0 Å². The van der Waals surface area contributed by atoms with Crippen molar-refractivity contribution in [3.05, 3.63) is 106 Å². The zero-order valence-electron chi connectivity index (χ0n) is 15.6. The minimum atomic E-state index is -0.430. The van der Waals surface area contributed by atoms with E-state index in [-0.39, 0.29) is 29.1 Å². The topological polar surface area (TPSA) is 58.2 Å². The summed E-state index contributed by atoms with van der Waals surface area (Å²) in [6, 6.07) is 24.1. The number of rotatable bonds is 7. The maximum absolute atomic E-state index is 12.5. The van der Waals surface area contributed by atoms with Crippen molar-refractivity contribution in [1.29, 1.82) is 0 Å². The Morgan fingerprint density at radius 2 is 1.52 bits per heavy atom. The molecule has 1 atom stereocenters. The summed E-state index contributed by atoms with van der Waals surface area (Å²) >= 11 is 11.9. The van der Waals surface area contributed by atoms with Gasteiger partial charge in [0.15, 0.2) is 0 Å². The Balaban J connectivity index is 1.64. The van der Waals surface area contributed by atoms with Crippen molar-refractivity contribution in [2.75, 3.05) is 6.54 Å². The standard InChI is InChI=1S/C23H20Cl2N2O2/c24-18-11-12-19(20(25)14-18)23(29)26-15-22(28)27-21(17-9-5-2-6-10-17)13-16-7-3-1-4-8-16/h1-12,14,21H,13,15H2,(H,26,29)(H,27,28). The van der Waals surface area contributed by atoms with Gasteiger partial charge >= 0.3 is 0 Å². The first-order valence-corrected chi connectivity index (χ1v) is 9.90. The molecule has 0 bridgehead atoms. The number of benzene rings is 3. The summed E-state index contributed by atoms with van der Waals surface area (Å²) in [7, 11) is 0. The highest BCUT2D eigenvalue weighted by atomic mass is 35.5. The first-order valence-electron chi connectivity index (χ1n) is 9.14. The third kappa shape index (κ3) is 6.08. The third-order valence-corrected chi connectivity index (χ3v) is 4.95. The third-order valence-electron chi connectivity index (χ3n) is 4.41. The molecule has 29 heavy (non-hydrogen) atoms. The monoisotopic (exact) mass is 426 g/mol. The molecule has 0 saturated heterocycles. The summed E-state index contributed by atoms with van der Waals surface area (Å²) in [4.78, 5) is 24.8. The molecule has 0 aromatic heterocycles. The van der Waals surface area contributed by atoms with Crippen LogP contribution in [0.15, 0.2) is 78.9 Å². The summed E-state index contributed by atoms with van der Waals surface area (Å²) < 4.78 is 0. The smallest absolute Gasteiger partial charge is 0.253 e. The van der Waals surface area contributed by atoms with Gasteiger partial charge in [-0.05, 0) is 35.7 Å². The summed E-state index contributed by atoms with van der Waals surface area (Å²) in [5.41, 5.74) is 2.38. The number of amides is 2. The molecule has 0 fully saturated rings. The highest BCUT2D eigenvalue weighted by Crippen LogP contribution is 2.21. The molecule has 0 heterocycles. The second kappa shape index (κ2) is 10.1. The normalized spacial score (nSPS) is 11.5. The van der Waals surface area contributed by atoms with Crippen LogP contribution in [0.5, 0.6) is 0 Å². The van der Waals surface area contributed by atoms with Gasteiger partial charge in [0.1, 0.15) is 0 Å². The maximum Gasteiger partial charge on any atom is 0.253 e. The van der Waals surface area contributed by atoms with Crippen molar-refractivity contribution in [3.63, 3.8) is 0 Å². The van der Waals surface area contributed by atoms with Crippen LogP contribution < -0.4 is 10.6 Å². The lowest BCUT2D eigenvalue weighted by atomic mass is 9.99. The highest BCUT2D eigenvalue weighted by molar-refractivity contribution is 6.36. The summed E-state index contributed by atoms with van der Waals surface area (Å²) in [6.45, 7) is -0.157. The molecule has 1 unspecified atom stereocenters. The number of hydrogen-bond donors (Lipinski definition) is 2. The van der Waals surface area contributed by atoms with Crippen molar-refractivity contribution in [2.45, 2.75) is 12.5 Å². The second-order valence-electron chi connectivity index (χ2n) is 6.53. The van der Waals surface area contributed by atoms with Crippen LogP contribution in [-0.2, 0) is 11.2 Å². The molecule has 3 aromatic carbocycles. The minimum absolute atomic E-state index is 0.157. The Morgan fingerprint density at radius 1 is 0.862 bits per heavy atom. The van der Waals surface area contributed by atoms with Crippen molar-refractivity contribution in [3.8, 4) is 0 Å². The van der Waals surface area contributed by atoms with Gasteiger partial charge in [-0.25, -0.2) is 0 Å². The molecule has 0 saturated carbocycles.